The van der Waals surface area contributed by atoms with Gasteiger partial charge in [0.15, 0.2) is 5.82 Å². The molecule has 0 saturated carbocycles. The molecule has 0 N–H and O–H groups in total. The third-order valence-electron chi connectivity index (χ3n) is 20.9. The first-order chi connectivity index (χ1) is 56.3. The van der Waals surface area contributed by atoms with Crippen molar-refractivity contribution in [2.75, 3.05) is 0 Å². The van der Waals surface area contributed by atoms with Crippen LogP contribution in [-0.2, 0) is 0 Å². The molecule has 0 fully saturated rings. The lowest BCUT2D eigenvalue weighted by Crippen LogP contribution is -1.97. The molecule has 7 aromatic heterocycles. The van der Waals surface area contributed by atoms with Gasteiger partial charge in [0, 0.05) is 114 Å². The summed E-state index contributed by atoms with van der Waals surface area (Å²) in [5, 5.41) is 7.35. The highest BCUT2D eigenvalue weighted by Gasteiger charge is 2.21. The van der Waals surface area contributed by atoms with Gasteiger partial charge in [0.05, 0.1) is 67.3 Å². The van der Waals surface area contributed by atoms with Crippen molar-refractivity contribution in [3.8, 4) is 118 Å². The van der Waals surface area contributed by atoms with E-state index in [9.17, 15) is 0 Å². The molecule has 0 amide bonds. The Balaban J connectivity index is 0.000000115. The summed E-state index contributed by atoms with van der Waals surface area (Å²) >= 11 is 11.4. The third kappa shape index (κ3) is 13.9. The van der Waals surface area contributed by atoms with Gasteiger partial charge in [-0.15, -0.1) is 0 Å². The Kier molecular flexibility index (Phi) is 19.4. The monoisotopic (exact) mass is 1650 g/mol. The van der Waals surface area contributed by atoms with Crippen LogP contribution in [0.2, 0.25) is 0 Å². The number of pyridine rings is 3. The average molecular weight is 1660 g/mol. The molecule has 0 bridgehead atoms. The Bertz CT molecular complexity index is 6280. The first-order valence-corrected chi connectivity index (χ1v) is 40.1. The number of rotatable bonds is 12. The second-order valence-corrected chi connectivity index (χ2v) is 30.5. The third-order valence-corrected chi connectivity index (χ3v) is 22.8. The zero-order valence-corrected chi connectivity index (χ0v) is 66.2. The maximum Gasteiger partial charge on any atom is 0.160 e. The van der Waals surface area contributed by atoms with E-state index in [4.69, 9.17) is 15.0 Å². The van der Waals surface area contributed by atoms with Crippen LogP contribution in [0.3, 0.4) is 0 Å². The van der Waals surface area contributed by atoms with E-state index in [2.05, 4.69) is 387 Å². The van der Waals surface area contributed by atoms with E-state index in [1.54, 1.807) is 0 Å². The van der Waals surface area contributed by atoms with E-state index in [1.165, 1.54) is 65.5 Å². The zero-order valence-electron chi connectivity index (χ0n) is 61.4. The topological polar surface area (TPSA) is 79.2 Å². The highest BCUT2D eigenvalue weighted by atomic mass is 79.9. The summed E-state index contributed by atoms with van der Waals surface area (Å²) in [6.45, 7) is 0. The van der Waals surface area contributed by atoms with Crippen LogP contribution in [0.15, 0.2) is 420 Å². The number of para-hydroxylation sites is 3. The van der Waals surface area contributed by atoms with Gasteiger partial charge in [-0.1, -0.05) is 290 Å². The van der Waals surface area contributed by atoms with Gasteiger partial charge in [0.1, 0.15) is 0 Å². The maximum absolute atomic E-state index is 5.14. The van der Waals surface area contributed by atoms with Crippen LogP contribution in [0.25, 0.3) is 184 Å². The number of benzene rings is 14. The predicted molar refractivity (Wildman–Crippen MR) is 483 cm³/mol. The molecular formula is C103H67Br3N8. The largest absolute Gasteiger partial charge is 0.309 e. The Morgan fingerprint density at radius 3 is 0.912 bits per heavy atom. The molecule has 21 rings (SSSR count). The summed E-state index contributed by atoms with van der Waals surface area (Å²) in [7, 11) is 0. The van der Waals surface area contributed by atoms with Gasteiger partial charge in [-0.05, 0) is 174 Å². The zero-order chi connectivity index (χ0) is 76.4. The van der Waals surface area contributed by atoms with Gasteiger partial charge in [-0.2, -0.15) is 0 Å². The Labute approximate surface area is 684 Å². The van der Waals surface area contributed by atoms with E-state index in [0.717, 1.165) is 126 Å². The smallest absolute Gasteiger partial charge is 0.160 e. The van der Waals surface area contributed by atoms with E-state index in [0.29, 0.717) is 5.82 Å². The van der Waals surface area contributed by atoms with Crippen LogP contribution < -0.4 is 0 Å². The minimum atomic E-state index is 0.716. The molecule has 0 aliphatic heterocycles. The number of hydrogen-bond acceptors (Lipinski definition) is 5. The lowest BCUT2D eigenvalue weighted by Gasteiger charge is -2.13. The highest BCUT2D eigenvalue weighted by molar-refractivity contribution is 9.11. The summed E-state index contributed by atoms with van der Waals surface area (Å²) in [6, 6.07) is 137. The molecule has 0 unspecified atom stereocenters. The van der Waals surface area contributed by atoms with Crippen LogP contribution in [0.1, 0.15) is 0 Å². The van der Waals surface area contributed by atoms with Crippen molar-refractivity contribution in [1.29, 1.82) is 0 Å². The van der Waals surface area contributed by atoms with Gasteiger partial charge in [0.2, 0.25) is 0 Å². The van der Waals surface area contributed by atoms with Crippen molar-refractivity contribution in [3.05, 3.63) is 420 Å². The van der Waals surface area contributed by atoms with E-state index in [1.807, 2.05) is 91.3 Å². The molecule has 21 aromatic rings. The van der Waals surface area contributed by atoms with Crippen LogP contribution in [0.5, 0.6) is 0 Å². The number of aromatic nitrogens is 8. The van der Waals surface area contributed by atoms with Gasteiger partial charge in [-0.25, -0.2) is 15.0 Å². The number of halogens is 3. The molecule has 0 saturated heterocycles. The second kappa shape index (κ2) is 31.3. The average Bonchev–Trinajstić information content (AvgIpc) is 1.60. The molecule has 0 spiro atoms. The summed E-state index contributed by atoms with van der Waals surface area (Å²) in [5.41, 5.74) is 28.0. The number of fused-ring (bicyclic) bond motifs is 9. The lowest BCUT2D eigenvalue weighted by molar-refractivity contribution is 1.16. The van der Waals surface area contributed by atoms with Gasteiger partial charge < -0.3 is 13.7 Å². The number of hydrogen-bond donors (Lipinski definition) is 0. The summed E-state index contributed by atoms with van der Waals surface area (Å²) in [4.78, 5) is 24.4. The summed E-state index contributed by atoms with van der Waals surface area (Å²) in [5.74, 6) is 0.716. The quantitative estimate of drug-likeness (QED) is 0.122. The van der Waals surface area contributed by atoms with Crippen LogP contribution in [0.4, 0.5) is 0 Å². The second-order valence-electron chi connectivity index (χ2n) is 27.9. The fourth-order valence-electron chi connectivity index (χ4n) is 15.7. The molecule has 114 heavy (non-hydrogen) atoms. The maximum atomic E-state index is 5.14. The first-order valence-electron chi connectivity index (χ1n) is 37.7. The van der Waals surface area contributed by atoms with Crippen molar-refractivity contribution < 1.29 is 0 Å². The van der Waals surface area contributed by atoms with Crippen LogP contribution in [-0.4, -0.2) is 38.6 Å². The van der Waals surface area contributed by atoms with Crippen LogP contribution in [0, 0.1) is 0 Å². The van der Waals surface area contributed by atoms with Crippen molar-refractivity contribution in [3.63, 3.8) is 0 Å². The van der Waals surface area contributed by atoms with Gasteiger partial charge in [0.25, 0.3) is 0 Å². The predicted octanol–water partition coefficient (Wildman–Crippen LogP) is 28.6. The van der Waals surface area contributed by atoms with Crippen molar-refractivity contribution in [1.82, 2.24) is 38.6 Å². The SMILES string of the molecule is Brc1cccc2c1c1ccccc1n2-c1cccc(-c2cc(-c3ccccc3)cc(-c3ccccc3)n2)c1.Brc1cccc2c1c1ccccc1n2-c1cccc(-c2cc(-c3ccccc3)nc(-c3ccccc3)n2)c1.Brc1cccc2c1c1ccccc1n2-c1cccc(-c2cc(-c3ccccn3)cc(-c3ccccn3)c2)c1. The van der Waals surface area contributed by atoms with Gasteiger partial charge in [-0.3, -0.25) is 9.97 Å². The standard InChI is InChI=1S/C35H23BrN2.2C34H22BrN3/c36-30-18-10-20-34-35(30)29-17-7-8-19-33(29)38(34)28-16-9-15-26(21-28)32-23-27(24-11-3-1-4-12-24)22-31(37-32)25-13-5-2-6-14-25;35-28-18-10-20-32-33(28)27-17-7-8-19-31(27)38(32)26-16-9-15-25(21-26)30-22-29(23-11-3-1-4-12-23)36-34(37-30)24-13-5-2-6-14-24;35-29-12-8-16-33-34(29)28-11-1-2-15-32(28)38(33)27-10-7-9-23(22-27)24-19-25(30-13-3-5-17-36-30)21-26(20-24)31-14-4-6-18-37-31/h1-23H;2*1-22H. The van der Waals surface area contributed by atoms with Crippen molar-refractivity contribution in [2.45, 2.75) is 0 Å². The Morgan fingerprint density at radius 1 is 0.184 bits per heavy atom. The molecule has 540 valence electrons. The Morgan fingerprint density at radius 2 is 0.491 bits per heavy atom. The normalized spacial score (nSPS) is 11.3. The van der Waals surface area contributed by atoms with E-state index < -0.39 is 0 Å². The molecule has 7 heterocycles. The van der Waals surface area contributed by atoms with E-state index >= 15 is 0 Å². The fourth-order valence-corrected chi connectivity index (χ4v) is 17.4. The van der Waals surface area contributed by atoms with Crippen LogP contribution >= 0.6 is 47.8 Å². The lowest BCUT2D eigenvalue weighted by atomic mass is 9.96. The van der Waals surface area contributed by atoms with Crippen molar-refractivity contribution >= 4 is 113 Å². The molecule has 0 aliphatic carbocycles. The molecule has 0 aliphatic rings. The molecule has 11 heteroatoms. The number of nitrogens with zero attached hydrogens (tertiary/aromatic N) is 8. The molecular weight excluding hydrogens is 1590 g/mol. The Hall–Kier alpha value is -13.6. The summed E-state index contributed by atoms with van der Waals surface area (Å²) in [6.07, 6.45) is 3.67. The molecule has 8 nitrogen and oxygen atoms in total. The first kappa shape index (κ1) is 70.8. The minimum Gasteiger partial charge on any atom is -0.309 e. The van der Waals surface area contributed by atoms with Crippen molar-refractivity contribution in [2.24, 2.45) is 0 Å². The molecule has 0 radical (unpaired) electrons. The van der Waals surface area contributed by atoms with Gasteiger partial charge >= 0.3 is 0 Å². The molecule has 0 atom stereocenters. The highest BCUT2D eigenvalue weighted by Crippen LogP contribution is 2.43. The van der Waals surface area contributed by atoms with E-state index in [-0.39, 0.29) is 0 Å². The fraction of sp³-hybridized carbons (Fsp3) is 0. The minimum absolute atomic E-state index is 0.716. The molecule has 14 aromatic carbocycles. The summed E-state index contributed by atoms with van der Waals surface area (Å²) < 4.78 is 10.3.